The highest BCUT2D eigenvalue weighted by atomic mass is 16.5. The Morgan fingerprint density at radius 3 is 2.26 bits per heavy atom. The fourth-order valence-corrected chi connectivity index (χ4v) is 3.70. The first-order valence-corrected chi connectivity index (χ1v) is 11.1. The molecule has 0 spiro atoms. The van der Waals surface area contributed by atoms with Crippen LogP contribution >= 0.6 is 0 Å². The second kappa shape index (κ2) is 10.6. The van der Waals surface area contributed by atoms with Crippen LogP contribution in [-0.4, -0.2) is 26.0 Å². The van der Waals surface area contributed by atoms with E-state index in [1.165, 1.54) is 14.2 Å². The fourth-order valence-electron chi connectivity index (χ4n) is 3.70. The molecule has 0 radical (unpaired) electrons. The van der Waals surface area contributed by atoms with Gasteiger partial charge in [0.05, 0.1) is 14.2 Å². The maximum absolute atomic E-state index is 13.3. The molecule has 0 aliphatic heterocycles. The minimum absolute atomic E-state index is 0.113. The second-order valence-corrected chi connectivity index (χ2v) is 7.97. The molecule has 2 N–H and O–H groups in total. The number of fused-ring (bicyclic) bond motifs is 1. The Bertz CT molecular complexity index is 1400. The Hall–Kier alpha value is -4.58. The van der Waals surface area contributed by atoms with Crippen LogP contribution in [0.5, 0.6) is 11.5 Å². The molecule has 4 aromatic rings. The number of carbonyl (C=O) groups is 2. The van der Waals surface area contributed by atoms with E-state index < -0.39 is 11.8 Å². The van der Waals surface area contributed by atoms with Gasteiger partial charge in [-0.25, -0.2) is 0 Å². The van der Waals surface area contributed by atoms with Gasteiger partial charge in [-0.15, -0.1) is 0 Å². The Kier molecular flexibility index (Phi) is 7.12. The molecule has 0 aromatic heterocycles. The van der Waals surface area contributed by atoms with Crippen LogP contribution in [-0.2, 0) is 4.79 Å². The van der Waals surface area contributed by atoms with Gasteiger partial charge >= 0.3 is 0 Å². The lowest BCUT2D eigenvalue weighted by atomic mass is 10.0. The molecular formula is C29H26N2O4. The molecule has 0 unspecified atom stereocenters. The Morgan fingerprint density at radius 1 is 0.800 bits per heavy atom. The molecule has 4 aromatic carbocycles. The number of methoxy groups -OCH3 is 2. The minimum Gasteiger partial charge on any atom is -0.493 e. The molecule has 0 fully saturated rings. The summed E-state index contributed by atoms with van der Waals surface area (Å²) in [6, 6.07) is 26.0. The topological polar surface area (TPSA) is 76.7 Å². The van der Waals surface area contributed by atoms with E-state index in [2.05, 4.69) is 10.6 Å². The summed E-state index contributed by atoms with van der Waals surface area (Å²) in [5.41, 5.74) is 2.96. The summed E-state index contributed by atoms with van der Waals surface area (Å²) in [7, 11) is 3.03. The number of rotatable bonds is 7. The number of carbonyl (C=O) groups excluding carboxylic acids is 2. The number of hydrogen-bond donors (Lipinski definition) is 2. The van der Waals surface area contributed by atoms with Crippen molar-refractivity contribution in [1.29, 1.82) is 0 Å². The first-order chi connectivity index (χ1) is 17.0. The summed E-state index contributed by atoms with van der Waals surface area (Å²) < 4.78 is 10.6. The van der Waals surface area contributed by atoms with E-state index in [4.69, 9.17) is 9.47 Å². The number of ether oxygens (including phenoxy) is 2. The SMILES string of the molecule is COc1ccc(C(=O)NC(=Cc2cccc3ccccc23)C(=O)Nc2ccc(C)cc2)cc1OC. The van der Waals surface area contributed by atoms with Crippen LogP contribution in [0.15, 0.2) is 90.6 Å². The summed E-state index contributed by atoms with van der Waals surface area (Å²) in [6.07, 6.45) is 1.69. The predicted molar refractivity (Wildman–Crippen MR) is 139 cm³/mol. The molecule has 35 heavy (non-hydrogen) atoms. The molecular weight excluding hydrogens is 440 g/mol. The van der Waals surface area contributed by atoms with E-state index in [9.17, 15) is 9.59 Å². The quantitative estimate of drug-likeness (QED) is 0.349. The van der Waals surface area contributed by atoms with Crippen molar-refractivity contribution in [3.63, 3.8) is 0 Å². The highest BCUT2D eigenvalue weighted by molar-refractivity contribution is 6.11. The average molecular weight is 467 g/mol. The van der Waals surface area contributed by atoms with Crippen molar-refractivity contribution in [2.45, 2.75) is 6.92 Å². The molecule has 4 rings (SSSR count). The van der Waals surface area contributed by atoms with Crippen LogP contribution in [0.25, 0.3) is 16.8 Å². The molecule has 0 bridgehead atoms. The largest absolute Gasteiger partial charge is 0.493 e. The first kappa shape index (κ1) is 23.6. The standard InChI is InChI=1S/C29H26N2O4/c1-19-11-14-23(15-12-19)30-29(33)25(17-21-9-6-8-20-7-4-5-10-24(20)21)31-28(32)22-13-16-26(34-2)27(18-22)35-3/h4-18H,1-3H3,(H,30,33)(H,31,32). The van der Waals surface area contributed by atoms with Crippen molar-refractivity contribution in [2.24, 2.45) is 0 Å². The van der Waals surface area contributed by atoms with Crippen LogP contribution in [0.2, 0.25) is 0 Å². The normalized spacial score (nSPS) is 11.1. The van der Waals surface area contributed by atoms with Gasteiger partial charge in [0, 0.05) is 11.3 Å². The van der Waals surface area contributed by atoms with Crippen molar-refractivity contribution in [3.8, 4) is 11.5 Å². The second-order valence-electron chi connectivity index (χ2n) is 7.97. The summed E-state index contributed by atoms with van der Waals surface area (Å²) in [6.45, 7) is 1.97. The van der Waals surface area contributed by atoms with Crippen molar-refractivity contribution in [3.05, 3.63) is 107 Å². The molecule has 0 aliphatic carbocycles. The number of nitrogens with one attached hydrogen (secondary N) is 2. The maximum atomic E-state index is 13.3. The molecule has 0 aliphatic rings. The molecule has 0 atom stereocenters. The van der Waals surface area contributed by atoms with Gasteiger partial charge in [-0.3, -0.25) is 9.59 Å². The number of anilines is 1. The average Bonchev–Trinajstić information content (AvgIpc) is 2.89. The third kappa shape index (κ3) is 5.50. The zero-order chi connectivity index (χ0) is 24.8. The Morgan fingerprint density at radius 2 is 1.51 bits per heavy atom. The van der Waals surface area contributed by atoms with Gasteiger partial charge in [-0.05, 0) is 59.7 Å². The highest BCUT2D eigenvalue weighted by Crippen LogP contribution is 2.28. The van der Waals surface area contributed by atoms with Crippen LogP contribution in [0, 0.1) is 6.92 Å². The predicted octanol–water partition coefficient (Wildman–Crippen LogP) is 5.58. The van der Waals surface area contributed by atoms with Crippen molar-refractivity contribution < 1.29 is 19.1 Å². The van der Waals surface area contributed by atoms with Crippen molar-refractivity contribution in [1.82, 2.24) is 5.32 Å². The molecule has 6 nitrogen and oxygen atoms in total. The summed E-state index contributed by atoms with van der Waals surface area (Å²) in [4.78, 5) is 26.4. The molecule has 176 valence electrons. The monoisotopic (exact) mass is 466 g/mol. The van der Waals surface area contributed by atoms with E-state index in [1.807, 2.05) is 73.7 Å². The minimum atomic E-state index is -0.448. The molecule has 2 amide bonds. The third-order valence-electron chi connectivity index (χ3n) is 5.57. The van der Waals surface area contributed by atoms with Gasteiger partial charge in [0.1, 0.15) is 5.70 Å². The maximum Gasteiger partial charge on any atom is 0.272 e. The highest BCUT2D eigenvalue weighted by Gasteiger charge is 2.17. The molecule has 0 saturated heterocycles. The molecule has 6 heteroatoms. The van der Waals surface area contributed by atoms with Gasteiger partial charge in [-0.1, -0.05) is 60.2 Å². The van der Waals surface area contributed by atoms with Crippen LogP contribution in [0.1, 0.15) is 21.5 Å². The summed E-state index contributed by atoms with van der Waals surface area (Å²) >= 11 is 0. The van der Waals surface area contributed by atoms with Crippen molar-refractivity contribution >= 4 is 34.4 Å². The molecule has 0 heterocycles. The smallest absolute Gasteiger partial charge is 0.272 e. The van der Waals surface area contributed by atoms with Crippen molar-refractivity contribution in [2.75, 3.05) is 19.5 Å². The van der Waals surface area contributed by atoms with E-state index >= 15 is 0 Å². The van der Waals surface area contributed by atoms with Crippen LogP contribution in [0.4, 0.5) is 5.69 Å². The zero-order valence-corrected chi connectivity index (χ0v) is 19.8. The Balaban J connectivity index is 1.70. The fraction of sp³-hybridized carbons (Fsp3) is 0.103. The third-order valence-corrected chi connectivity index (χ3v) is 5.57. The lowest BCUT2D eigenvalue weighted by Gasteiger charge is -2.13. The number of aryl methyl sites for hydroxylation is 1. The van der Waals surface area contributed by atoms with E-state index in [0.29, 0.717) is 22.7 Å². The lowest BCUT2D eigenvalue weighted by Crippen LogP contribution is -2.30. The van der Waals surface area contributed by atoms with Gasteiger partial charge in [0.2, 0.25) is 0 Å². The number of hydrogen-bond acceptors (Lipinski definition) is 4. The van der Waals surface area contributed by atoms with Gasteiger partial charge < -0.3 is 20.1 Å². The number of benzene rings is 4. The zero-order valence-electron chi connectivity index (χ0n) is 19.8. The lowest BCUT2D eigenvalue weighted by molar-refractivity contribution is -0.113. The Labute approximate surface area is 204 Å². The first-order valence-electron chi connectivity index (χ1n) is 11.1. The van der Waals surface area contributed by atoms with Gasteiger partial charge in [0.25, 0.3) is 11.8 Å². The van der Waals surface area contributed by atoms with Crippen LogP contribution < -0.4 is 20.1 Å². The van der Waals surface area contributed by atoms with E-state index in [1.54, 1.807) is 24.3 Å². The summed E-state index contributed by atoms with van der Waals surface area (Å²) in [5, 5.41) is 7.65. The van der Waals surface area contributed by atoms with Crippen LogP contribution in [0.3, 0.4) is 0 Å². The van der Waals surface area contributed by atoms with Gasteiger partial charge in [0.15, 0.2) is 11.5 Å². The van der Waals surface area contributed by atoms with E-state index in [-0.39, 0.29) is 5.70 Å². The molecule has 0 saturated carbocycles. The number of amides is 2. The summed E-state index contributed by atoms with van der Waals surface area (Å²) in [5.74, 6) is 0.0450. The van der Waals surface area contributed by atoms with Gasteiger partial charge in [-0.2, -0.15) is 0 Å². The van der Waals surface area contributed by atoms with E-state index in [0.717, 1.165) is 21.9 Å².